The molecule has 0 saturated heterocycles. The number of carboxylic acids is 1. The number of carbonyl (C=O) groups is 1. The number of nitrogens with two attached hydrogens (primary N) is 2. The van der Waals surface area contributed by atoms with Crippen molar-refractivity contribution >= 4 is 34.2 Å². The fourth-order valence-corrected chi connectivity index (χ4v) is 2.67. The molecule has 94 valence electrons. The van der Waals surface area contributed by atoms with E-state index in [0.717, 1.165) is 21.4 Å². The molecule has 2 aromatic carbocycles. The van der Waals surface area contributed by atoms with E-state index < -0.39 is 12.0 Å². The van der Waals surface area contributed by atoms with E-state index >= 15 is 0 Å². The highest BCUT2D eigenvalue weighted by molar-refractivity contribution is 7.99. The summed E-state index contributed by atoms with van der Waals surface area (Å²) < 4.78 is 0. The summed E-state index contributed by atoms with van der Waals surface area (Å²) in [5, 5.41) is 10.8. The molecular formula is C13H14N2O2S. The first-order valence-corrected chi connectivity index (χ1v) is 6.46. The molecule has 0 saturated carbocycles. The van der Waals surface area contributed by atoms with Crippen molar-refractivity contribution in [3.63, 3.8) is 0 Å². The number of benzene rings is 2. The van der Waals surface area contributed by atoms with Crippen LogP contribution in [0.3, 0.4) is 0 Å². The first kappa shape index (κ1) is 12.7. The van der Waals surface area contributed by atoms with Crippen LogP contribution in [0.5, 0.6) is 0 Å². The number of carboxylic acid groups (broad SMARTS) is 1. The number of thioether (sulfide) groups is 1. The lowest BCUT2D eigenvalue weighted by atomic mass is 10.1. The van der Waals surface area contributed by atoms with E-state index in [1.807, 2.05) is 36.4 Å². The molecule has 1 atom stereocenters. The molecule has 0 fully saturated rings. The summed E-state index contributed by atoms with van der Waals surface area (Å²) in [7, 11) is 0. The van der Waals surface area contributed by atoms with Gasteiger partial charge < -0.3 is 16.6 Å². The molecule has 0 bridgehead atoms. The normalized spacial score (nSPS) is 12.5. The Labute approximate surface area is 109 Å². The maximum atomic E-state index is 10.7. The largest absolute Gasteiger partial charge is 0.480 e. The van der Waals surface area contributed by atoms with E-state index in [1.165, 1.54) is 11.8 Å². The highest BCUT2D eigenvalue weighted by Crippen LogP contribution is 2.31. The van der Waals surface area contributed by atoms with Crippen LogP contribution in [0.25, 0.3) is 10.8 Å². The highest BCUT2D eigenvalue weighted by Gasteiger charge is 2.12. The van der Waals surface area contributed by atoms with E-state index in [4.69, 9.17) is 16.6 Å². The van der Waals surface area contributed by atoms with Crippen molar-refractivity contribution in [2.24, 2.45) is 5.73 Å². The number of hydrogen-bond donors (Lipinski definition) is 3. The fourth-order valence-electron chi connectivity index (χ4n) is 1.67. The van der Waals surface area contributed by atoms with E-state index in [9.17, 15) is 4.79 Å². The molecule has 0 aromatic heterocycles. The van der Waals surface area contributed by atoms with Gasteiger partial charge >= 0.3 is 5.97 Å². The Morgan fingerprint density at radius 3 is 2.56 bits per heavy atom. The fraction of sp³-hybridized carbons (Fsp3) is 0.154. The Morgan fingerprint density at radius 2 is 1.89 bits per heavy atom. The predicted octanol–water partition coefficient (Wildman–Crippen LogP) is 1.93. The van der Waals surface area contributed by atoms with Gasteiger partial charge in [0, 0.05) is 21.7 Å². The molecule has 18 heavy (non-hydrogen) atoms. The lowest BCUT2D eigenvalue weighted by Crippen LogP contribution is -2.32. The van der Waals surface area contributed by atoms with Crippen LogP contribution in [0.4, 0.5) is 5.69 Å². The molecule has 2 aromatic rings. The van der Waals surface area contributed by atoms with E-state index in [2.05, 4.69) is 0 Å². The van der Waals surface area contributed by atoms with Crippen LogP contribution in [-0.4, -0.2) is 22.9 Å². The van der Waals surface area contributed by atoms with E-state index in [-0.39, 0.29) is 0 Å². The molecule has 0 radical (unpaired) electrons. The average molecular weight is 262 g/mol. The smallest absolute Gasteiger partial charge is 0.321 e. The van der Waals surface area contributed by atoms with Gasteiger partial charge in [-0.3, -0.25) is 4.79 Å². The Balaban J connectivity index is 2.29. The zero-order chi connectivity index (χ0) is 13.1. The zero-order valence-corrected chi connectivity index (χ0v) is 10.5. The number of hydrogen-bond acceptors (Lipinski definition) is 4. The third-order valence-corrected chi connectivity index (χ3v) is 3.85. The predicted molar refractivity (Wildman–Crippen MR) is 74.7 cm³/mol. The van der Waals surface area contributed by atoms with Gasteiger partial charge in [0.15, 0.2) is 0 Å². The second-order valence-electron chi connectivity index (χ2n) is 3.95. The van der Waals surface area contributed by atoms with Crippen LogP contribution < -0.4 is 11.5 Å². The van der Waals surface area contributed by atoms with Gasteiger partial charge in [-0.25, -0.2) is 0 Å². The molecule has 0 aliphatic carbocycles. The third kappa shape index (κ3) is 2.57. The van der Waals surface area contributed by atoms with E-state index in [1.54, 1.807) is 0 Å². The standard InChI is InChI=1S/C13H14N2O2S/c14-10-5-6-12(18-7-11(15)13(16)17)9-4-2-1-3-8(9)10/h1-6,11H,7,14-15H2,(H,16,17)/t11-/m0/s1. The van der Waals surface area contributed by atoms with Crippen molar-refractivity contribution in [2.45, 2.75) is 10.9 Å². The topological polar surface area (TPSA) is 89.3 Å². The molecule has 5 N–H and O–H groups in total. The first-order valence-electron chi connectivity index (χ1n) is 5.48. The Hall–Kier alpha value is -1.72. The summed E-state index contributed by atoms with van der Waals surface area (Å²) in [4.78, 5) is 11.7. The van der Waals surface area contributed by atoms with Crippen LogP contribution in [-0.2, 0) is 4.79 Å². The van der Waals surface area contributed by atoms with Gasteiger partial charge in [-0.15, -0.1) is 11.8 Å². The van der Waals surface area contributed by atoms with Crippen molar-refractivity contribution in [2.75, 3.05) is 11.5 Å². The Kier molecular flexibility index (Phi) is 3.74. The number of rotatable bonds is 4. The van der Waals surface area contributed by atoms with Crippen molar-refractivity contribution in [1.29, 1.82) is 0 Å². The molecule has 0 amide bonds. The molecule has 0 spiro atoms. The summed E-state index contributed by atoms with van der Waals surface area (Å²) >= 11 is 1.43. The van der Waals surface area contributed by atoms with Gasteiger partial charge in [0.25, 0.3) is 0 Å². The second kappa shape index (κ2) is 5.29. The molecular weight excluding hydrogens is 248 g/mol. The minimum atomic E-state index is -0.984. The third-order valence-electron chi connectivity index (χ3n) is 2.65. The van der Waals surface area contributed by atoms with Crippen molar-refractivity contribution in [3.05, 3.63) is 36.4 Å². The number of anilines is 1. The van der Waals surface area contributed by atoms with Gasteiger partial charge in [0.05, 0.1) is 0 Å². The summed E-state index contributed by atoms with van der Waals surface area (Å²) in [6.07, 6.45) is 0. The van der Waals surface area contributed by atoms with Crippen molar-refractivity contribution in [1.82, 2.24) is 0 Å². The molecule has 0 unspecified atom stereocenters. The molecule has 0 aliphatic heterocycles. The first-order chi connectivity index (χ1) is 8.59. The SMILES string of the molecule is Nc1ccc(SC[C@H](N)C(=O)O)c2ccccc12. The molecule has 5 heteroatoms. The minimum absolute atomic E-state index is 0.337. The number of nitrogen functional groups attached to an aromatic ring is 1. The molecule has 0 aliphatic rings. The summed E-state index contributed by atoms with van der Waals surface area (Å²) in [5.41, 5.74) is 12.1. The van der Waals surface area contributed by atoms with Crippen LogP contribution in [0.15, 0.2) is 41.3 Å². The number of fused-ring (bicyclic) bond motifs is 1. The maximum absolute atomic E-state index is 10.7. The maximum Gasteiger partial charge on any atom is 0.321 e. The Morgan fingerprint density at radius 1 is 1.22 bits per heavy atom. The highest BCUT2D eigenvalue weighted by atomic mass is 32.2. The van der Waals surface area contributed by atoms with E-state index in [0.29, 0.717) is 5.75 Å². The van der Waals surface area contributed by atoms with Crippen molar-refractivity contribution < 1.29 is 9.90 Å². The van der Waals surface area contributed by atoms with Crippen LogP contribution in [0.2, 0.25) is 0 Å². The second-order valence-corrected chi connectivity index (χ2v) is 5.02. The lowest BCUT2D eigenvalue weighted by molar-refractivity contribution is -0.137. The van der Waals surface area contributed by atoms with Crippen LogP contribution in [0.1, 0.15) is 0 Å². The zero-order valence-electron chi connectivity index (χ0n) is 9.67. The summed E-state index contributed by atoms with van der Waals surface area (Å²) in [6, 6.07) is 10.7. The van der Waals surface area contributed by atoms with Gasteiger partial charge in [0.1, 0.15) is 6.04 Å². The van der Waals surface area contributed by atoms with Gasteiger partial charge in [0.2, 0.25) is 0 Å². The minimum Gasteiger partial charge on any atom is -0.480 e. The van der Waals surface area contributed by atoms with Crippen molar-refractivity contribution in [3.8, 4) is 0 Å². The molecule has 4 nitrogen and oxygen atoms in total. The monoisotopic (exact) mass is 262 g/mol. The lowest BCUT2D eigenvalue weighted by Gasteiger charge is -2.10. The Bertz CT molecular complexity index is 586. The molecule has 2 rings (SSSR count). The van der Waals surface area contributed by atoms with Gasteiger partial charge in [-0.05, 0) is 17.5 Å². The summed E-state index contributed by atoms with van der Waals surface area (Å²) in [5.74, 6) is -0.647. The van der Waals surface area contributed by atoms with Gasteiger partial charge in [-0.1, -0.05) is 24.3 Å². The van der Waals surface area contributed by atoms with Crippen LogP contribution in [0, 0.1) is 0 Å². The average Bonchev–Trinajstić information content (AvgIpc) is 2.38. The quantitative estimate of drug-likeness (QED) is 0.578. The van der Waals surface area contributed by atoms with Crippen LogP contribution >= 0.6 is 11.8 Å². The molecule has 0 heterocycles. The number of aliphatic carboxylic acids is 1. The summed E-state index contributed by atoms with van der Waals surface area (Å²) in [6.45, 7) is 0. The van der Waals surface area contributed by atoms with Gasteiger partial charge in [-0.2, -0.15) is 0 Å².